The molecule has 3 atom stereocenters. The molecule has 3 aliphatic carbocycles. The zero-order valence-corrected chi connectivity index (χ0v) is 13.5. The minimum Gasteiger partial charge on any atom is -0.497 e. The Morgan fingerprint density at radius 2 is 2.00 bits per heavy atom. The normalized spacial score (nSPS) is 34.2. The summed E-state index contributed by atoms with van der Waals surface area (Å²) in [6.07, 6.45) is 8.00. The van der Waals surface area contributed by atoms with Crippen LogP contribution in [0.1, 0.15) is 63.0 Å². The molecule has 1 aromatic rings. The van der Waals surface area contributed by atoms with Crippen LogP contribution >= 0.6 is 0 Å². The number of methoxy groups -OCH3 is 1. The van der Waals surface area contributed by atoms with Crippen molar-refractivity contribution in [3.05, 3.63) is 40.5 Å². The standard InChI is InChI=1S/C20H26O/c1-13-10-11-20(2)18(13)9-7-17-16-6-5-15(21-3)12-14(16)4-8-19(17)20/h5-6,12,17,19H,4,7-11H2,1-3H3/t17?,19?,20-/m0/s1. The molecule has 0 radical (unpaired) electrons. The maximum Gasteiger partial charge on any atom is 0.119 e. The lowest BCUT2D eigenvalue weighted by molar-refractivity contribution is 0.137. The highest BCUT2D eigenvalue weighted by atomic mass is 16.5. The van der Waals surface area contributed by atoms with Crippen LogP contribution in [-0.4, -0.2) is 7.11 Å². The number of allylic oxidation sites excluding steroid dienone is 2. The first-order valence-electron chi connectivity index (χ1n) is 8.49. The summed E-state index contributed by atoms with van der Waals surface area (Å²) >= 11 is 0. The van der Waals surface area contributed by atoms with Crippen LogP contribution in [0.5, 0.6) is 5.75 Å². The van der Waals surface area contributed by atoms with Crippen molar-refractivity contribution in [1.29, 1.82) is 0 Å². The van der Waals surface area contributed by atoms with Crippen LogP contribution in [0.25, 0.3) is 0 Å². The van der Waals surface area contributed by atoms with Crippen molar-refractivity contribution in [2.75, 3.05) is 7.11 Å². The Morgan fingerprint density at radius 3 is 2.81 bits per heavy atom. The molecule has 1 fully saturated rings. The highest BCUT2D eigenvalue weighted by Crippen LogP contribution is 2.61. The van der Waals surface area contributed by atoms with E-state index in [4.69, 9.17) is 4.74 Å². The first kappa shape index (κ1) is 13.4. The summed E-state index contributed by atoms with van der Waals surface area (Å²) in [5.41, 5.74) is 7.18. The van der Waals surface area contributed by atoms with Gasteiger partial charge < -0.3 is 4.74 Å². The van der Waals surface area contributed by atoms with E-state index < -0.39 is 0 Å². The molecular formula is C20H26O. The first-order chi connectivity index (χ1) is 10.1. The van der Waals surface area contributed by atoms with Gasteiger partial charge in [-0.1, -0.05) is 24.1 Å². The smallest absolute Gasteiger partial charge is 0.119 e. The molecule has 0 aliphatic heterocycles. The highest BCUT2D eigenvalue weighted by molar-refractivity contribution is 5.43. The van der Waals surface area contributed by atoms with Crippen molar-refractivity contribution < 1.29 is 4.74 Å². The van der Waals surface area contributed by atoms with E-state index in [1.165, 1.54) is 38.5 Å². The minimum absolute atomic E-state index is 0.491. The lowest BCUT2D eigenvalue weighted by atomic mass is 9.55. The van der Waals surface area contributed by atoms with Gasteiger partial charge in [-0.05, 0) is 86.0 Å². The highest BCUT2D eigenvalue weighted by Gasteiger charge is 2.49. The van der Waals surface area contributed by atoms with Crippen molar-refractivity contribution >= 4 is 0 Å². The van der Waals surface area contributed by atoms with Gasteiger partial charge in [0.2, 0.25) is 0 Å². The van der Waals surface area contributed by atoms with E-state index in [1.807, 2.05) is 5.57 Å². The second kappa shape index (κ2) is 4.63. The van der Waals surface area contributed by atoms with Gasteiger partial charge in [-0.25, -0.2) is 0 Å². The van der Waals surface area contributed by atoms with Crippen LogP contribution < -0.4 is 4.74 Å². The van der Waals surface area contributed by atoms with E-state index in [-0.39, 0.29) is 0 Å². The zero-order valence-electron chi connectivity index (χ0n) is 13.5. The van der Waals surface area contributed by atoms with Crippen molar-refractivity contribution in [3.63, 3.8) is 0 Å². The van der Waals surface area contributed by atoms with Crippen LogP contribution in [0.4, 0.5) is 0 Å². The van der Waals surface area contributed by atoms with E-state index in [2.05, 4.69) is 32.0 Å². The van der Waals surface area contributed by atoms with Gasteiger partial charge in [-0.2, -0.15) is 0 Å². The third kappa shape index (κ3) is 1.82. The summed E-state index contributed by atoms with van der Waals surface area (Å²) in [4.78, 5) is 0. The van der Waals surface area contributed by atoms with Crippen LogP contribution in [0.15, 0.2) is 29.3 Å². The third-order valence-corrected chi connectivity index (χ3v) is 6.71. The molecule has 3 aliphatic rings. The molecule has 1 heteroatoms. The monoisotopic (exact) mass is 282 g/mol. The molecule has 2 unspecified atom stereocenters. The van der Waals surface area contributed by atoms with Crippen molar-refractivity contribution in [3.8, 4) is 5.75 Å². The quantitative estimate of drug-likeness (QED) is 0.639. The summed E-state index contributed by atoms with van der Waals surface area (Å²) < 4.78 is 5.41. The molecule has 0 N–H and O–H groups in total. The van der Waals surface area contributed by atoms with Gasteiger partial charge in [-0.3, -0.25) is 0 Å². The van der Waals surface area contributed by atoms with E-state index in [9.17, 15) is 0 Å². The fourth-order valence-electron chi connectivity index (χ4n) is 5.58. The lowest BCUT2D eigenvalue weighted by Crippen LogP contribution is -2.38. The second-order valence-electron chi connectivity index (χ2n) is 7.53. The maximum atomic E-state index is 5.41. The molecule has 4 rings (SSSR count). The summed E-state index contributed by atoms with van der Waals surface area (Å²) in [5, 5.41) is 0. The van der Waals surface area contributed by atoms with Gasteiger partial charge >= 0.3 is 0 Å². The largest absolute Gasteiger partial charge is 0.497 e. The second-order valence-corrected chi connectivity index (χ2v) is 7.53. The fourth-order valence-corrected chi connectivity index (χ4v) is 5.58. The van der Waals surface area contributed by atoms with E-state index in [0.717, 1.165) is 17.6 Å². The summed E-state index contributed by atoms with van der Waals surface area (Å²) in [5.74, 6) is 2.66. The number of aryl methyl sites for hydroxylation is 1. The SMILES string of the molecule is COc1ccc2c(c1)CCC1C2CCC2=C(C)CC[C@@]21C. The maximum absolute atomic E-state index is 5.41. The number of hydrogen-bond donors (Lipinski definition) is 0. The molecule has 21 heavy (non-hydrogen) atoms. The Bertz CT molecular complexity index is 612. The summed E-state index contributed by atoms with van der Waals surface area (Å²) in [7, 11) is 1.77. The molecule has 0 heterocycles. The average molecular weight is 282 g/mol. The van der Waals surface area contributed by atoms with E-state index >= 15 is 0 Å². The molecular weight excluding hydrogens is 256 g/mol. The van der Waals surface area contributed by atoms with Crippen molar-refractivity contribution in [2.45, 2.75) is 58.3 Å². The Morgan fingerprint density at radius 1 is 1.14 bits per heavy atom. The number of ether oxygens (including phenoxy) is 1. The van der Waals surface area contributed by atoms with Crippen LogP contribution in [0, 0.1) is 11.3 Å². The predicted molar refractivity (Wildman–Crippen MR) is 86.8 cm³/mol. The number of hydrogen-bond acceptors (Lipinski definition) is 1. The lowest BCUT2D eigenvalue weighted by Gasteiger charge is -2.49. The summed E-state index contributed by atoms with van der Waals surface area (Å²) in [6.45, 7) is 4.94. The number of benzene rings is 1. The van der Waals surface area contributed by atoms with Gasteiger partial charge in [0.1, 0.15) is 5.75 Å². The molecule has 1 nitrogen and oxygen atoms in total. The first-order valence-corrected chi connectivity index (χ1v) is 8.49. The number of fused-ring (bicyclic) bond motifs is 5. The molecule has 112 valence electrons. The van der Waals surface area contributed by atoms with Gasteiger partial charge in [0, 0.05) is 0 Å². The van der Waals surface area contributed by atoms with Crippen LogP contribution in [-0.2, 0) is 6.42 Å². The van der Waals surface area contributed by atoms with Crippen molar-refractivity contribution in [1.82, 2.24) is 0 Å². The Labute approximate surface area is 128 Å². The van der Waals surface area contributed by atoms with Gasteiger partial charge in [-0.15, -0.1) is 0 Å². The van der Waals surface area contributed by atoms with Gasteiger partial charge in [0.05, 0.1) is 7.11 Å². The van der Waals surface area contributed by atoms with E-state index in [1.54, 1.807) is 23.8 Å². The van der Waals surface area contributed by atoms with Crippen LogP contribution in [0.2, 0.25) is 0 Å². The zero-order chi connectivity index (χ0) is 14.6. The van der Waals surface area contributed by atoms with Gasteiger partial charge in [0.25, 0.3) is 0 Å². The molecule has 0 bridgehead atoms. The summed E-state index contributed by atoms with van der Waals surface area (Å²) in [6, 6.07) is 6.79. The molecule has 0 amide bonds. The predicted octanol–water partition coefficient (Wildman–Crippen LogP) is 5.25. The van der Waals surface area contributed by atoms with Gasteiger partial charge in [0.15, 0.2) is 0 Å². The molecule has 0 aromatic heterocycles. The molecule has 1 aromatic carbocycles. The number of rotatable bonds is 1. The van der Waals surface area contributed by atoms with E-state index in [0.29, 0.717) is 5.41 Å². The Kier molecular flexibility index (Phi) is 2.96. The molecule has 0 saturated heterocycles. The average Bonchev–Trinajstić information content (AvgIpc) is 2.82. The molecule has 1 saturated carbocycles. The minimum atomic E-state index is 0.491. The fraction of sp³-hybridized carbons (Fsp3) is 0.600. The van der Waals surface area contributed by atoms with Crippen LogP contribution in [0.3, 0.4) is 0 Å². The third-order valence-electron chi connectivity index (χ3n) is 6.71. The van der Waals surface area contributed by atoms with Crippen molar-refractivity contribution in [2.24, 2.45) is 11.3 Å². The molecule has 0 spiro atoms. The Balaban J connectivity index is 1.74. The Hall–Kier alpha value is -1.24. The topological polar surface area (TPSA) is 9.23 Å².